The third-order valence-electron chi connectivity index (χ3n) is 1.52. The summed E-state index contributed by atoms with van der Waals surface area (Å²) in [4.78, 5) is 10.5. The highest BCUT2D eigenvalue weighted by Gasteiger charge is 2.39. The highest BCUT2D eigenvalue weighted by Crippen LogP contribution is 2.35. The zero-order valence-corrected chi connectivity index (χ0v) is 6.99. The molecular weight excluding hydrogens is 207 g/mol. The summed E-state index contributed by atoms with van der Waals surface area (Å²) in [6, 6.07) is 0. The topological polar surface area (TPSA) is 43.1 Å². The van der Waals surface area contributed by atoms with Crippen LogP contribution in [0.1, 0.15) is 0 Å². The molecule has 0 aromatic carbocycles. The lowest BCUT2D eigenvalue weighted by atomic mass is 10.0. The number of carbonyl (C=O) groups is 1. The van der Waals surface area contributed by atoms with Crippen molar-refractivity contribution in [2.24, 2.45) is 5.73 Å². The molecule has 0 saturated heterocycles. The first-order valence-electron chi connectivity index (χ1n) is 3.27. The molecule has 2 N–H and O–H groups in total. The Bertz CT molecular complexity index is 311. The molecule has 2 unspecified atom stereocenters. The zero-order chi connectivity index (χ0) is 10.2. The Morgan fingerprint density at radius 1 is 1.69 bits per heavy atom. The van der Waals surface area contributed by atoms with Gasteiger partial charge in [0.05, 0.1) is 5.57 Å². The average molecular weight is 212 g/mol. The van der Waals surface area contributed by atoms with Crippen LogP contribution in [0.3, 0.4) is 0 Å². The van der Waals surface area contributed by atoms with Gasteiger partial charge in [-0.2, -0.15) is 0 Å². The fraction of sp³-hybridized carbons (Fsp3) is 0.286. The number of allylic oxidation sites excluding steroid dienone is 2. The van der Waals surface area contributed by atoms with Crippen molar-refractivity contribution >= 4 is 17.5 Å². The van der Waals surface area contributed by atoms with Gasteiger partial charge >= 0.3 is 0 Å². The van der Waals surface area contributed by atoms with Crippen LogP contribution in [0, 0.1) is 0 Å². The molecule has 13 heavy (non-hydrogen) atoms. The Labute approximate surface area is 76.8 Å². The molecule has 2 nitrogen and oxygen atoms in total. The molecule has 0 heterocycles. The summed E-state index contributed by atoms with van der Waals surface area (Å²) in [7, 11) is 0. The molecule has 72 valence electrons. The van der Waals surface area contributed by atoms with Gasteiger partial charge in [-0.1, -0.05) is 11.6 Å². The first kappa shape index (κ1) is 10.1. The zero-order valence-electron chi connectivity index (χ0n) is 6.23. The number of hydrogen-bond donors (Lipinski definition) is 1. The van der Waals surface area contributed by atoms with Crippen molar-refractivity contribution in [2.75, 3.05) is 0 Å². The minimum absolute atomic E-state index is 0.271. The molecule has 0 aromatic rings. The number of nitrogens with two attached hydrogens (primary N) is 1. The number of alkyl halides is 3. The van der Waals surface area contributed by atoms with E-state index in [0.29, 0.717) is 6.08 Å². The molecule has 0 saturated carbocycles. The summed E-state index contributed by atoms with van der Waals surface area (Å²) < 4.78 is 38.3. The number of rotatable bonds is 1. The summed E-state index contributed by atoms with van der Waals surface area (Å²) in [6.07, 6.45) is -1.72. The standard InChI is InChI=1S/C7H5ClF3NO/c8-7(11)2-3(6(12)13)4(9)1-5(7)10/h1-2,5H,(H2,12,13). The molecular formula is C7H5ClF3NO. The van der Waals surface area contributed by atoms with E-state index in [2.05, 4.69) is 5.73 Å². The second-order valence-corrected chi connectivity index (χ2v) is 3.09. The van der Waals surface area contributed by atoms with E-state index in [1.165, 1.54) is 0 Å². The highest BCUT2D eigenvalue weighted by molar-refractivity contribution is 6.25. The second-order valence-electron chi connectivity index (χ2n) is 2.51. The van der Waals surface area contributed by atoms with E-state index >= 15 is 0 Å². The smallest absolute Gasteiger partial charge is 0.251 e. The summed E-state index contributed by atoms with van der Waals surface area (Å²) in [5.41, 5.74) is 3.94. The highest BCUT2D eigenvalue weighted by atomic mass is 35.5. The number of primary amides is 1. The van der Waals surface area contributed by atoms with Gasteiger partial charge in [0, 0.05) is 0 Å². The van der Waals surface area contributed by atoms with Gasteiger partial charge in [-0.15, -0.1) is 0 Å². The van der Waals surface area contributed by atoms with Crippen molar-refractivity contribution in [1.82, 2.24) is 0 Å². The van der Waals surface area contributed by atoms with Crippen LogP contribution in [0.5, 0.6) is 0 Å². The largest absolute Gasteiger partial charge is 0.366 e. The molecule has 0 aromatic heterocycles. The molecule has 0 radical (unpaired) electrons. The maximum atomic E-state index is 12.9. The molecule has 0 aliphatic heterocycles. The van der Waals surface area contributed by atoms with E-state index in [-0.39, 0.29) is 6.08 Å². The van der Waals surface area contributed by atoms with E-state index in [1.807, 2.05) is 0 Å². The normalized spacial score (nSPS) is 33.7. The molecule has 1 rings (SSSR count). The van der Waals surface area contributed by atoms with Crippen LogP contribution in [0.25, 0.3) is 0 Å². The molecule has 1 aliphatic rings. The summed E-state index contributed by atoms with van der Waals surface area (Å²) in [5.74, 6) is -2.39. The van der Waals surface area contributed by atoms with E-state index in [9.17, 15) is 18.0 Å². The van der Waals surface area contributed by atoms with Gasteiger partial charge in [-0.3, -0.25) is 4.79 Å². The lowest BCUT2D eigenvalue weighted by Gasteiger charge is -2.20. The Hall–Kier alpha value is -0.970. The van der Waals surface area contributed by atoms with Crippen LogP contribution < -0.4 is 5.73 Å². The van der Waals surface area contributed by atoms with Gasteiger partial charge in [0.1, 0.15) is 5.83 Å². The van der Waals surface area contributed by atoms with Crippen molar-refractivity contribution in [3.8, 4) is 0 Å². The quantitative estimate of drug-likeness (QED) is 0.657. The van der Waals surface area contributed by atoms with Gasteiger partial charge in [0.15, 0.2) is 6.17 Å². The first-order chi connectivity index (χ1) is 5.84. The van der Waals surface area contributed by atoms with E-state index in [4.69, 9.17) is 11.6 Å². The van der Waals surface area contributed by atoms with Gasteiger partial charge in [-0.05, 0) is 12.2 Å². The monoisotopic (exact) mass is 211 g/mol. The lowest BCUT2D eigenvalue weighted by Crippen LogP contribution is -2.31. The van der Waals surface area contributed by atoms with E-state index in [0.717, 1.165) is 0 Å². The Kier molecular flexibility index (Phi) is 2.38. The predicted octanol–water partition coefficient (Wildman–Crippen LogP) is 1.51. The van der Waals surface area contributed by atoms with Crippen LogP contribution in [0.2, 0.25) is 0 Å². The third kappa shape index (κ3) is 1.85. The van der Waals surface area contributed by atoms with Gasteiger partial charge < -0.3 is 5.73 Å². The number of halogens is 4. The number of hydrogen-bond acceptors (Lipinski definition) is 1. The van der Waals surface area contributed by atoms with Crippen molar-refractivity contribution < 1.29 is 18.0 Å². The number of carbonyl (C=O) groups excluding carboxylic acids is 1. The summed E-state index contributed by atoms with van der Waals surface area (Å²) in [6.45, 7) is 0. The molecule has 6 heteroatoms. The Balaban J connectivity index is 3.11. The molecule has 0 spiro atoms. The van der Waals surface area contributed by atoms with Crippen LogP contribution >= 0.6 is 11.6 Å². The van der Waals surface area contributed by atoms with Gasteiger partial charge in [0.25, 0.3) is 5.91 Å². The predicted molar refractivity (Wildman–Crippen MR) is 41.1 cm³/mol. The van der Waals surface area contributed by atoms with E-state index in [1.54, 1.807) is 0 Å². The van der Waals surface area contributed by atoms with Crippen molar-refractivity contribution in [3.63, 3.8) is 0 Å². The minimum Gasteiger partial charge on any atom is -0.366 e. The van der Waals surface area contributed by atoms with Crippen molar-refractivity contribution in [3.05, 3.63) is 23.6 Å². The van der Waals surface area contributed by atoms with Crippen molar-refractivity contribution in [1.29, 1.82) is 0 Å². The summed E-state index contributed by atoms with van der Waals surface area (Å²) >= 11 is 4.99. The van der Waals surface area contributed by atoms with Crippen LogP contribution in [0.15, 0.2) is 23.6 Å². The fourth-order valence-corrected chi connectivity index (χ4v) is 1.03. The van der Waals surface area contributed by atoms with E-state index < -0.39 is 28.6 Å². The average Bonchev–Trinajstić information content (AvgIpc) is 1.97. The Morgan fingerprint density at radius 2 is 2.23 bits per heavy atom. The first-order valence-corrected chi connectivity index (χ1v) is 3.64. The molecule has 1 aliphatic carbocycles. The third-order valence-corrected chi connectivity index (χ3v) is 1.84. The van der Waals surface area contributed by atoms with Crippen LogP contribution in [-0.4, -0.2) is 17.2 Å². The van der Waals surface area contributed by atoms with Crippen molar-refractivity contribution in [2.45, 2.75) is 11.3 Å². The Morgan fingerprint density at radius 3 is 2.69 bits per heavy atom. The SMILES string of the molecule is NC(=O)C1=CC(F)(Cl)C(F)C=C1F. The fourth-order valence-electron chi connectivity index (χ4n) is 0.859. The lowest BCUT2D eigenvalue weighted by molar-refractivity contribution is -0.114. The minimum atomic E-state index is -2.90. The maximum Gasteiger partial charge on any atom is 0.251 e. The van der Waals surface area contributed by atoms with Gasteiger partial charge in [-0.25, -0.2) is 13.2 Å². The molecule has 1 amide bonds. The van der Waals surface area contributed by atoms with Crippen LogP contribution in [0.4, 0.5) is 13.2 Å². The van der Waals surface area contributed by atoms with Crippen LogP contribution in [-0.2, 0) is 4.79 Å². The van der Waals surface area contributed by atoms with Gasteiger partial charge in [0.2, 0.25) is 5.13 Å². The molecule has 2 atom stereocenters. The molecule has 0 fully saturated rings. The second kappa shape index (κ2) is 3.06. The maximum absolute atomic E-state index is 12.9. The molecule has 0 bridgehead atoms. The summed E-state index contributed by atoms with van der Waals surface area (Å²) in [5, 5.41) is -2.90. The number of amides is 1.